The van der Waals surface area contributed by atoms with Crippen LogP contribution in [0.15, 0.2) is 5.16 Å². The molecule has 0 radical (unpaired) electrons. The van der Waals surface area contributed by atoms with Crippen LogP contribution in [-0.2, 0) is 76.1 Å². The minimum Gasteiger partial charge on any atom is -0.461 e. The van der Waals surface area contributed by atoms with Crippen LogP contribution in [0.25, 0.3) is 0 Å². The van der Waals surface area contributed by atoms with E-state index in [1.54, 1.807) is 34.6 Å². The molecule has 432 valence electrons. The number of aliphatic hydroxyl groups excluding tert-OH is 2. The zero-order chi connectivity index (χ0) is 55.8. The molecule has 4 aliphatic heterocycles. The first-order chi connectivity index (χ1) is 35.2. The van der Waals surface area contributed by atoms with Crippen molar-refractivity contribution in [2.24, 2.45) is 52.5 Å². The lowest BCUT2D eigenvalue weighted by Crippen LogP contribution is -2.59. The summed E-state index contributed by atoms with van der Waals surface area (Å²) in [5, 5.41) is 26.7. The van der Waals surface area contributed by atoms with Gasteiger partial charge in [-0.3, -0.25) is 24.1 Å². The monoisotopic (exact) mass is 1070 g/mol. The maximum atomic E-state index is 15.5. The van der Waals surface area contributed by atoms with Crippen LogP contribution in [0.2, 0.25) is 0 Å². The molecule has 1 unspecified atom stereocenters. The lowest BCUT2D eigenvalue weighted by Gasteiger charge is -2.45. The molecule has 20 nitrogen and oxygen atoms in total. The number of rotatable bonds is 17. The van der Waals surface area contributed by atoms with Crippen molar-refractivity contribution in [1.29, 1.82) is 0 Å². The zero-order valence-corrected chi connectivity index (χ0v) is 48.0. The Hall–Kier alpha value is -2.89. The Bertz CT molecular complexity index is 1890. The van der Waals surface area contributed by atoms with E-state index in [1.165, 1.54) is 41.1 Å². The lowest BCUT2D eigenvalue weighted by molar-refractivity contribution is -0.305. The molecule has 1 aliphatic carbocycles. The molecule has 4 saturated heterocycles. The number of oxime groups is 1. The van der Waals surface area contributed by atoms with Crippen molar-refractivity contribution in [2.75, 3.05) is 41.0 Å². The Morgan fingerprint density at radius 2 is 1.48 bits per heavy atom. The van der Waals surface area contributed by atoms with Crippen molar-refractivity contribution in [3.63, 3.8) is 0 Å². The number of nitrogens with zero attached hydrogens (tertiary/aromatic N) is 2. The molecule has 2 N–H and O–H groups in total. The van der Waals surface area contributed by atoms with E-state index in [-0.39, 0.29) is 43.9 Å². The predicted molar refractivity (Wildman–Crippen MR) is 274 cm³/mol. The number of cyclic esters (lactones) is 1. The second-order valence-corrected chi connectivity index (χ2v) is 23.3. The van der Waals surface area contributed by atoms with Gasteiger partial charge in [0.1, 0.15) is 43.7 Å². The number of aliphatic hydroxyl groups is 2. The number of ketones is 1. The summed E-state index contributed by atoms with van der Waals surface area (Å²) in [6.07, 6.45) is -9.66. The predicted octanol–water partition coefficient (Wildman–Crippen LogP) is 5.62. The van der Waals surface area contributed by atoms with Gasteiger partial charge in [-0.25, -0.2) is 0 Å². The highest BCUT2D eigenvalue weighted by Crippen LogP contribution is 2.41. The van der Waals surface area contributed by atoms with Gasteiger partial charge < -0.3 is 67.2 Å². The van der Waals surface area contributed by atoms with Gasteiger partial charge >= 0.3 is 17.9 Å². The molecule has 0 spiro atoms. The molecule has 4 heterocycles. The Morgan fingerprint density at radius 3 is 2.08 bits per heavy atom. The van der Waals surface area contributed by atoms with E-state index in [0.29, 0.717) is 24.6 Å². The van der Waals surface area contributed by atoms with E-state index in [9.17, 15) is 19.8 Å². The van der Waals surface area contributed by atoms with E-state index in [4.69, 9.17) is 56.9 Å². The fourth-order valence-corrected chi connectivity index (χ4v) is 11.9. The van der Waals surface area contributed by atoms with Crippen molar-refractivity contribution in [2.45, 2.75) is 233 Å². The van der Waals surface area contributed by atoms with Crippen LogP contribution in [0.4, 0.5) is 0 Å². The lowest BCUT2D eigenvalue weighted by atomic mass is 9.74. The van der Waals surface area contributed by atoms with Gasteiger partial charge in [-0.1, -0.05) is 53.6 Å². The zero-order valence-electron chi connectivity index (χ0n) is 48.0. The van der Waals surface area contributed by atoms with Gasteiger partial charge in [0.2, 0.25) is 0 Å². The first kappa shape index (κ1) is 62.9. The summed E-state index contributed by atoms with van der Waals surface area (Å²) in [6, 6.07) is 0.0727. The Morgan fingerprint density at radius 1 is 0.813 bits per heavy atom. The van der Waals surface area contributed by atoms with Crippen molar-refractivity contribution in [1.82, 2.24) is 4.90 Å². The van der Waals surface area contributed by atoms with Gasteiger partial charge in [0.15, 0.2) is 30.3 Å². The van der Waals surface area contributed by atoms with Crippen molar-refractivity contribution >= 4 is 29.4 Å². The normalized spacial score (nSPS) is 42.1. The Kier molecular flexibility index (Phi) is 23.3. The van der Waals surface area contributed by atoms with E-state index >= 15 is 9.59 Å². The molecule has 22 atom stereocenters. The number of hydrogen-bond acceptors (Lipinski definition) is 20. The van der Waals surface area contributed by atoms with Gasteiger partial charge in [-0.15, -0.1) is 0 Å². The van der Waals surface area contributed by atoms with Crippen LogP contribution < -0.4 is 0 Å². The molecular formula is C55H94N2O18. The summed E-state index contributed by atoms with van der Waals surface area (Å²) in [5.74, 6) is -7.07. The van der Waals surface area contributed by atoms with Gasteiger partial charge in [0.05, 0.1) is 54.7 Å². The fraction of sp³-hybridized carbons (Fsp3) is 0.909. The summed E-state index contributed by atoms with van der Waals surface area (Å²) in [5.41, 5.74) is -1.53. The second kappa shape index (κ2) is 27.8. The third-order valence-corrected chi connectivity index (χ3v) is 16.0. The molecule has 5 rings (SSSR count). The number of hydrogen-bond donors (Lipinski definition) is 2. The van der Waals surface area contributed by atoms with Gasteiger partial charge in [-0.2, -0.15) is 0 Å². The Balaban J connectivity index is 1.66. The third kappa shape index (κ3) is 16.4. The van der Waals surface area contributed by atoms with Crippen LogP contribution in [-0.4, -0.2) is 183 Å². The molecule has 0 aromatic rings. The molecule has 0 aromatic heterocycles. The number of Topliss-reactive ketones (excluding diaryl/α,β-unsaturated/α-hetero) is 1. The molecule has 0 aromatic carbocycles. The van der Waals surface area contributed by atoms with Crippen LogP contribution >= 0.6 is 0 Å². The summed E-state index contributed by atoms with van der Waals surface area (Å²) in [7, 11) is 4.31. The minimum atomic E-state index is -1.84. The highest BCUT2D eigenvalue weighted by molar-refractivity contribution is 5.91. The minimum absolute atomic E-state index is 0.0317. The molecule has 75 heavy (non-hydrogen) atoms. The van der Waals surface area contributed by atoms with Gasteiger partial charge in [0, 0.05) is 77.3 Å². The number of carbonyl (C=O) groups is 4. The van der Waals surface area contributed by atoms with Crippen LogP contribution in [0.3, 0.4) is 0 Å². The van der Waals surface area contributed by atoms with E-state index < -0.39 is 145 Å². The fourth-order valence-electron chi connectivity index (χ4n) is 11.9. The van der Waals surface area contributed by atoms with Crippen LogP contribution in [0, 0.1) is 47.3 Å². The largest absolute Gasteiger partial charge is 0.461 e. The van der Waals surface area contributed by atoms with Crippen LogP contribution in [0.5, 0.6) is 0 Å². The summed E-state index contributed by atoms with van der Waals surface area (Å²) in [4.78, 5) is 65.4. The number of ether oxygens (including phenoxy) is 11. The van der Waals surface area contributed by atoms with E-state index in [0.717, 1.165) is 6.54 Å². The topological polar surface area (TPSA) is 235 Å². The molecule has 5 fully saturated rings. The molecule has 20 heteroatoms. The van der Waals surface area contributed by atoms with Crippen molar-refractivity contribution in [3.05, 3.63) is 0 Å². The average Bonchev–Trinajstić information content (AvgIpc) is 4.17. The molecule has 0 bridgehead atoms. The molecule has 1 saturated carbocycles. The van der Waals surface area contributed by atoms with Gasteiger partial charge in [-0.05, 0) is 78.6 Å². The summed E-state index contributed by atoms with van der Waals surface area (Å²) >= 11 is 0. The molecule has 0 amide bonds. The van der Waals surface area contributed by atoms with Gasteiger partial charge in [0.25, 0.3) is 0 Å². The summed E-state index contributed by atoms with van der Waals surface area (Å²) in [6.45, 7) is 26.4. The van der Waals surface area contributed by atoms with Crippen molar-refractivity contribution in [3.8, 4) is 0 Å². The van der Waals surface area contributed by atoms with Crippen molar-refractivity contribution < 1.29 is 86.3 Å². The Labute approximate surface area is 446 Å². The van der Waals surface area contributed by atoms with E-state index in [2.05, 4.69) is 17.0 Å². The quantitative estimate of drug-likeness (QED) is 0.102. The smallest absolute Gasteiger partial charge is 0.311 e. The highest BCUT2D eigenvalue weighted by Gasteiger charge is 2.52. The van der Waals surface area contributed by atoms with E-state index in [1.807, 2.05) is 48.5 Å². The average molecular weight is 1070 g/mol. The standard InChI is InChI=1S/C55H94N2O18/c1-27(2)20-41(59)71-47-34(9)46(29(4)26-67-54-50(65-16)49(64-15)43(60)37(12)70-54)73-52(63)36(11)48(72-42-21-30(5)57(24-32(7)68-42)25-39-18-19-39)33(8)45(74-53-44(61)40(56-66-17)22-31(6)69-53)28(3)23-55(14,75-38(13)58)51(62)35(47)10/h27-37,39,42-50,53-54,60-61H,18-26H2,1-17H3/b56-40+/t28-,29-,30?,31+,32-,33+,34-,35+,36+,37+,42-,43+,44+,45-,46+,47+,48-,49+,50+,53-,54+,55-/m0/s1. The number of methoxy groups -OCH3 is 2. The van der Waals surface area contributed by atoms with Crippen LogP contribution in [0.1, 0.15) is 135 Å². The summed E-state index contributed by atoms with van der Waals surface area (Å²) < 4.78 is 70.1. The first-order valence-corrected chi connectivity index (χ1v) is 27.5. The maximum Gasteiger partial charge on any atom is 0.311 e. The first-order valence-electron chi connectivity index (χ1n) is 27.5. The third-order valence-electron chi connectivity index (χ3n) is 16.0. The highest BCUT2D eigenvalue weighted by atomic mass is 16.7. The number of esters is 3. The molecular weight excluding hydrogens is 977 g/mol. The SMILES string of the molecule is CO/N=C1\C[C@@H](C)O[C@@H](O[C@@H]2[C@@H](C)[C@H](O[C@H]3CC(C)N(CC4CC4)C[C@H](C)O3)[C@@H](C)C(=O)O[C@H]([C@@H](C)CO[C@@H]3O[C@H](C)[C@@H](O)[C@@H](OC)[C@H]3OC)[C@H](C)[C@@H](OC(=O)CC(C)C)[C@@H](C)C(=O)[C@@](C)(OC(C)=O)C[C@@H]2C)[C@@H]1O. The number of carbonyl (C=O) groups excluding carboxylic acids is 4. The molecule has 5 aliphatic rings. The second-order valence-electron chi connectivity index (χ2n) is 23.3. The maximum absolute atomic E-state index is 15.5.